The average molecular weight is 246 g/mol. The van der Waals surface area contributed by atoms with Gasteiger partial charge in [-0.1, -0.05) is 0 Å². The molecule has 0 fully saturated rings. The third kappa shape index (κ3) is 9.77. The molecule has 0 spiro atoms. The minimum Gasteiger partial charge on any atom is -0.396 e. The number of carbonyl (C=O) groups is 2. The van der Waals surface area contributed by atoms with Crippen LogP contribution in [0.2, 0.25) is 0 Å². The maximum absolute atomic E-state index is 11.2. The van der Waals surface area contributed by atoms with Crippen LogP contribution >= 0.6 is 0 Å². The maximum atomic E-state index is 11.2. The van der Waals surface area contributed by atoms with Gasteiger partial charge in [0.1, 0.15) is 0 Å². The van der Waals surface area contributed by atoms with Gasteiger partial charge in [-0.3, -0.25) is 9.59 Å². The summed E-state index contributed by atoms with van der Waals surface area (Å²) in [5.41, 5.74) is 0. The van der Waals surface area contributed by atoms with Crippen LogP contribution in [0.1, 0.15) is 25.7 Å². The number of unbranched alkanes of at least 4 members (excludes halogenated alkanes) is 2. The third-order valence-corrected chi connectivity index (χ3v) is 2.14. The second-order valence-electron chi connectivity index (χ2n) is 3.64. The van der Waals surface area contributed by atoms with Crippen LogP contribution in [-0.2, 0) is 14.3 Å². The molecule has 0 aliphatic heterocycles. The molecule has 0 atom stereocenters. The van der Waals surface area contributed by atoms with E-state index in [2.05, 4.69) is 10.6 Å². The summed E-state index contributed by atoms with van der Waals surface area (Å²) >= 11 is 0. The van der Waals surface area contributed by atoms with Gasteiger partial charge < -0.3 is 20.5 Å². The number of rotatable bonds is 9. The van der Waals surface area contributed by atoms with Crippen molar-refractivity contribution in [3.05, 3.63) is 0 Å². The topological polar surface area (TPSA) is 87.7 Å². The van der Waals surface area contributed by atoms with Crippen LogP contribution in [0.5, 0.6) is 0 Å². The van der Waals surface area contributed by atoms with E-state index in [9.17, 15) is 9.59 Å². The molecular weight excluding hydrogens is 224 g/mol. The van der Waals surface area contributed by atoms with Crippen molar-refractivity contribution >= 4 is 11.8 Å². The van der Waals surface area contributed by atoms with Crippen LogP contribution in [-0.4, -0.2) is 50.3 Å². The van der Waals surface area contributed by atoms with Crippen molar-refractivity contribution in [3.8, 4) is 0 Å². The van der Waals surface area contributed by atoms with Gasteiger partial charge in [0, 0.05) is 33.4 Å². The molecule has 0 aromatic heterocycles. The Hall–Kier alpha value is -1.14. The second-order valence-corrected chi connectivity index (χ2v) is 3.64. The van der Waals surface area contributed by atoms with Gasteiger partial charge in [-0.15, -0.1) is 0 Å². The predicted molar refractivity (Wildman–Crippen MR) is 63.4 cm³/mol. The van der Waals surface area contributed by atoms with E-state index in [1.165, 1.54) is 0 Å². The molecule has 6 heteroatoms. The fraction of sp³-hybridized carbons (Fsp3) is 0.818. The van der Waals surface area contributed by atoms with Crippen LogP contribution in [0, 0.1) is 0 Å². The van der Waals surface area contributed by atoms with E-state index in [4.69, 9.17) is 9.84 Å². The van der Waals surface area contributed by atoms with Crippen molar-refractivity contribution in [1.29, 1.82) is 0 Å². The van der Waals surface area contributed by atoms with Crippen LogP contribution in [0.15, 0.2) is 0 Å². The number of carbonyl (C=O) groups excluding carboxylic acids is 2. The second kappa shape index (κ2) is 11.3. The number of aliphatic hydroxyl groups excluding tert-OH is 1. The van der Waals surface area contributed by atoms with E-state index < -0.39 is 11.8 Å². The van der Waals surface area contributed by atoms with Crippen molar-refractivity contribution in [2.45, 2.75) is 25.7 Å². The largest absolute Gasteiger partial charge is 0.396 e. The number of ether oxygens (including phenoxy) is 1. The molecule has 0 aliphatic carbocycles. The first-order valence-electron chi connectivity index (χ1n) is 5.88. The minimum absolute atomic E-state index is 0.161. The summed E-state index contributed by atoms with van der Waals surface area (Å²) in [5.74, 6) is -1.21. The highest BCUT2D eigenvalue weighted by atomic mass is 16.5. The van der Waals surface area contributed by atoms with Crippen LogP contribution in [0.3, 0.4) is 0 Å². The van der Waals surface area contributed by atoms with Crippen molar-refractivity contribution < 1.29 is 19.4 Å². The zero-order valence-electron chi connectivity index (χ0n) is 10.3. The molecule has 2 amide bonds. The number of hydrogen-bond acceptors (Lipinski definition) is 4. The molecule has 6 nitrogen and oxygen atoms in total. The smallest absolute Gasteiger partial charge is 0.309 e. The van der Waals surface area contributed by atoms with Crippen LogP contribution in [0.4, 0.5) is 0 Å². The third-order valence-electron chi connectivity index (χ3n) is 2.14. The van der Waals surface area contributed by atoms with Gasteiger partial charge in [-0.2, -0.15) is 0 Å². The summed E-state index contributed by atoms with van der Waals surface area (Å²) in [4.78, 5) is 22.5. The van der Waals surface area contributed by atoms with Gasteiger partial charge in [0.2, 0.25) is 0 Å². The SMILES string of the molecule is COCCCNC(=O)C(=O)NCCCCCO. The van der Waals surface area contributed by atoms with Crippen molar-refractivity contribution in [2.75, 3.05) is 33.4 Å². The number of methoxy groups -OCH3 is 1. The molecule has 0 aromatic carbocycles. The summed E-state index contributed by atoms with van der Waals surface area (Å²) in [7, 11) is 1.58. The molecule has 0 radical (unpaired) electrons. The van der Waals surface area contributed by atoms with Crippen molar-refractivity contribution in [1.82, 2.24) is 10.6 Å². The number of amides is 2. The van der Waals surface area contributed by atoms with Crippen LogP contribution in [0.25, 0.3) is 0 Å². The highest BCUT2D eigenvalue weighted by Gasteiger charge is 2.11. The molecule has 100 valence electrons. The Balaban J connectivity index is 3.44. The first-order valence-corrected chi connectivity index (χ1v) is 5.88. The summed E-state index contributed by atoms with van der Waals surface area (Å²) in [6.07, 6.45) is 3.01. The first-order chi connectivity index (χ1) is 8.22. The van der Waals surface area contributed by atoms with E-state index in [-0.39, 0.29) is 6.61 Å². The van der Waals surface area contributed by atoms with E-state index in [1.807, 2.05) is 0 Å². The lowest BCUT2D eigenvalue weighted by Crippen LogP contribution is -2.40. The van der Waals surface area contributed by atoms with Gasteiger partial charge in [0.25, 0.3) is 0 Å². The number of hydrogen-bond donors (Lipinski definition) is 3. The molecule has 0 saturated carbocycles. The van der Waals surface area contributed by atoms with E-state index >= 15 is 0 Å². The Kier molecular flexibility index (Phi) is 10.6. The summed E-state index contributed by atoms with van der Waals surface area (Å²) in [6, 6.07) is 0. The Morgan fingerprint density at radius 1 is 1.00 bits per heavy atom. The van der Waals surface area contributed by atoms with E-state index in [0.717, 1.165) is 19.3 Å². The van der Waals surface area contributed by atoms with Gasteiger partial charge >= 0.3 is 11.8 Å². The minimum atomic E-state index is -0.608. The van der Waals surface area contributed by atoms with Gasteiger partial charge in [0.05, 0.1) is 0 Å². The van der Waals surface area contributed by atoms with Gasteiger partial charge in [-0.05, 0) is 25.7 Å². The molecule has 0 bridgehead atoms. The summed E-state index contributed by atoms with van der Waals surface area (Å²) in [5, 5.41) is 13.6. The Labute approximate surface area is 102 Å². The molecule has 0 saturated heterocycles. The monoisotopic (exact) mass is 246 g/mol. The molecule has 0 aromatic rings. The highest BCUT2D eigenvalue weighted by molar-refractivity contribution is 6.35. The van der Waals surface area contributed by atoms with Crippen molar-refractivity contribution in [3.63, 3.8) is 0 Å². The van der Waals surface area contributed by atoms with E-state index in [1.54, 1.807) is 7.11 Å². The maximum Gasteiger partial charge on any atom is 0.309 e. The Morgan fingerprint density at radius 3 is 2.12 bits per heavy atom. The standard InChI is InChI=1S/C11H22N2O4/c1-17-9-5-7-13-11(16)10(15)12-6-3-2-4-8-14/h14H,2-9H2,1H3,(H,12,15)(H,13,16). The summed E-state index contributed by atoms with van der Waals surface area (Å²) in [6.45, 7) is 1.62. The highest BCUT2D eigenvalue weighted by Crippen LogP contribution is 1.91. The first kappa shape index (κ1) is 15.9. The normalized spacial score (nSPS) is 10.0. The van der Waals surface area contributed by atoms with E-state index in [0.29, 0.717) is 26.1 Å². The van der Waals surface area contributed by atoms with Crippen molar-refractivity contribution in [2.24, 2.45) is 0 Å². The van der Waals surface area contributed by atoms with Gasteiger partial charge in [-0.25, -0.2) is 0 Å². The number of nitrogens with one attached hydrogen (secondary N) is 2. The molecule has 0 unspecified atom stereocenters. The van der Waals surface area contributed by atoms with Gasteiger partial charge in [0.15, 0.2) is 0 Å². The molecular formula is C11H22N2O4. The van der Waals surface area contributed by atoms with Crippen LogP contribution < -0.4 is 10.6 Å². The predicted octanol–water partition coefficient (Wildman–Crippen LogP) is -0.582. The Bertz CT molecular complexity index is 222. The molecule has 17 heavy (non-hydrogen) atoms. The average Bonchev–Trinajstić information content (AvgIpc) is 2.34. The zero-order chi connectivity index (χ0) is 12.9. The molecule has 0 rings (SSSR count). The molecule has 0 aliphatic rings. The zero-order valence-corrected chi connectivity index (χ0v) is 10.3. The quantitative estimate of drug-likeness (QED) is 0.375. The molecule has 0 heterocycles. The lowest BCUT2D eigenvalue weighted by atomic mass is 10.2. The Morgan fingerprint density at radius 2 is 1.59 bits per heavy atom. The lowest BCUT2D eigenvalue weighted by molar-refractivity contribution is -0.139. The summed E-state index contributed by atoms with van der Waals surface area (Å²) < 4.78 is 4.81. The fourth-order valence-corrected chi connectivity index (χ4v) is 1.19. The molecule has 3 N–H and O–H groups in total. The fourth-order valence-electron chi connectivity index (χ4n) is 1.19. The number of aliphatic hydroxyl groups is 1. The lowest BCUT2D eigenvalue weighted by Gasteiger charge is -2.05.